The van der Waals surface area contributed by atoms with E-state index in [2.05, 4.69) is 5.32 Å². The van der Waals surface area contributed by atoms with E-state index in [9.17, 15) is 4.79 Å². The van der Waals surface area contributed by atoms with Crippen molar-refractivity contribution in [3.05, 3.63) is 0 Å². The third-order valence-electron chi connectivity index (χ3n) is 2.75. The molecule has 0 aromatic rings. The number of carbonyl (C=O) groups excluding carboxylic acids is 1. The molecule has 1 aliphatic rings. The van der Waals surface area contributed by atoms with Gasteiger partial charge in [-0.3, -0.25) is 4.79 Å². The van der Waals surface area contributed by atoms with E-state index >= 15 is 0 Å². The van der Waals surface area contributed by atoms with Crippen molar-refractivity contribution in [2.24, 2.45) is 11.7 Å². The lowest BCUT2D eigenvalue weighted by Gasteiger charge is -2.29. The van der Waals surface area contributed by atoms with Gasteiger partial charge in [0.2, 0.25) is 0 Å². The fourth-order valence-electron chi connectivity index (χ4n) is 1.81. The highest BCUT2D eigenvalue weighted by Gasteiger charge is 2.28. The number of hydrogen-bond acceptors (Lipinski definition) is 4. The number of ether oxygens (including phenoxy) is 1. The smallest absolute Gasteiger partial charge is 0.310 e. The lowest BCUT2D eigenvalue weighted by molar-refractivity contribution is -0.162. The topological polar surface area (TPSA) is 64.3 Å². The van der Waals surface area contributed by atoms with Crippen molar-refractivity contribution < 1.29 is 9.53 Å². The van der Waals surface area contributed by atoms with Crippen molar-refractivity contribution in [2.75, 3.05) is 19.6 Å². The Labute approximate surface area is 91.5 Å². The Morgan fingerprint density at radius 2 is 2.33 bits per heavy atom. The minimum atomic E-state index is -0.427. The molecule has 0 aliphatic carbocycles. The highest BCUT2D eigenvalue weighted by atomic mass is 16.6. The summed E-state index contributed by atoms with van der Waals surface area (Å²) >= 11 is 0. The normalized spacial score (nSPS) is 22.5. The van der Waals surface area contributed by atoms with Gasteiger partial charge in [-0.1, -0.05) is 0 Å². The first-order chi connectivity index (χ1) is 7.05. The van der Waals surface area contributed by atoms with E-state index in [1.54, 1.807) is 0 Å². The molecule has 1 fully saturated rings. The summed E-state index contributed by atoms with van der Waals surface area (Å²) in [5, 5.41) is 3.21. The fourth-order valence-corrected chi connectivity index (χ4v) is 1.81. The van der Waals surface area contributed by atoms with Crippen molar-refractivity contribution >= 4 is 5.97 Å². The molecule has 0 spiro atoms. The Hall–Kier alpha value is -0.610. The van der Waals surface area contributed by atoms with Gasteiger partial charge in [0.15, 0.2) is 0 Å². The number of carbonyl (C=O) groups is 1. The van der Waals surface area contributed by atoms with Crippen LogP contribution in [0.15, 0.2) is 0 Å². The molecule has 0 saturated carbocycles. The highest BCUT2D eigenvalue weighted by molar-refractivity contribution is 5.73. The predicted molar refractivity (Wildman–Crippen MR) is 59.4 cm³/mol. The standard InChI is InChI=1S/C11H22N2O2/c1-11(2,5-6-12)15-10(14)9-4-3-7-13-8-9/h9,13H,3-8,12H2,1-2H3. The molecule has 1 rings (SSSR count). The molecule has 0 radical (unpaired) electrons. The average Bonchev–Trinajstić information content (AvgIpc) is 2.18. The maximum absolute atomic E-state index is 11.8. The molecule has 0 aromatic heterocycles. The predicted octanol–water partition coefficient (Wildman–Crippen LogP) is 0.657. The molecule has 1 atom stereocenters. The zero-order valence-electron chi connectivity index (χ0n) is 9.71. The minimum absolute atomic E-state index is 0.0239. The second-order valence-electron chi connectivity index (χ2n) is 4.76. The van der Waals surface area contributed by atoms with Crippen LogP contribution in [0.5, 0.6) is 0 Å². The maximum Gasteiger partial charge on any atom is 0.310 e. The van der Waals surface area contributed by atoms with Gasteiger partial charge in [-0.25, -0.2) is 0 Å². The first-order valence-electron chi connectivity index (χ1n) is 5.69. The second kappa shape index (κ2) is 5.47. The molecule has 4 nitrogen and oxygen atoms in total. The number of nitrogens with two attached hydrogens (primary N) is 1. The number of piperidine rings is 1. The van der Waals surface area contributed by atoms with Crippen LogP contribution in [0.3, 0.4) is 0 Å². The molecule has 0 aromatic carbocycles. The van der Waals surface area contributed by atoms with Gasteiger partial charge in [0.05, 0.1) is 5.92 Å². The van der Waals surface area contributed by atoms with Gasteiger partial charge in [-0.05, 0) is 46.2 Å². The number of hydrogen-bond donors (Lipinski definition) is 2. The van der Waals surface area contributed by atoms with Gasteiger partial charge in [0, 0.05) is 6.54 Å². The molecule has 4 heteroatoms. The summed E-state index contributed by atoms with van der Waals surface area (Å²) in [4.78, 5) is 11.8. The summed E-state index contributed by atoms with van der Waals surface area (Å²) in [5.41, 5.74) is 5.04. The lowest BCUT2D eigenvalue weighted by atomic mass is 9.99. The van der Waals surface area contributed by atoms with E-state index in [0.29, 0.717) is 13.0 Å². The molecule has 0 bridgehead atoms. The molecule has 1 unspecified atom stereocenters. The van der Waals surface area contributed by atoms with Crippen LogP contribution >= 0.6 is 0 Å². The van der Waals surface area contributed by atoms with Crippen LogP contribution < -0.4 is 11.1 Å². The number of rotatable bonds is 4. The van der Waals surface area contributed by atoms with Gasteiger partial charge in [0.25, 0.3) is 0 Å². The maximum atomic E-state index is 11.8. The van der Waals surface area contributed by atoms with E-state index in [1.165, 1.54) is 0 Å². The van der Waals surface area contributed by atoms with Crippen molar-refractivity contribution in [1.82, 2.24) is 5.32 Å². The van der Waals surface area contributed by atoms with Crippen LogP contribution in [0.1, 0.15) is 33.1 Å². The number of esters is 1. The molecule has 1 aliphatic heterocycles. The molecule has 88 valence electrons. The number of nitrogens with one attached hydrogen (secondary N) is 1. The molecule has 1 heterocycles. The zero-order chi connectivity index (χ0) is 11.3. The quantitative estimate of drug-likeness (QED) is 0.675. The first-order valence-corrected chi connectivity index (χ1v) is 5.69. The van der Waals surface area contributed by atoms with E-state index in [4.69, 9.17) is 10.5 Å². The highest BCUT2D eigenvalue weighted by Crippen LogP contribution is 2.19. The first kappa shape index (κ1) is 12.5. The van der Waals surface area contributed by atoms with Gasteiger partial charge in [-0.15, -0.1) is 0 Å². The second-order valence-corrected chi connectivity index (χ2v) is 4.76. The zero-order valence-corrected chi connectivity index (χ0v) is 9.71. The Balaban J connectivity index is 2.39. The van der Waals surface area contributed by atoms with Crippen molar-refractivity contribution in [3.63, 3.8) is 0 Å². The molecule has 0 amide bonds. The van der Waals surface area contributed by atoms with Crippen molar-refractivity contribution in [2.45, 2.75) is 38.7 Å². The lowest BCUT2D eigenvalue weighted by Crippen LogP contribution is -2.39. The Bertz CT molecular complexity index is 211. The van der Waals surface area contributed by atoms with E-state index in [1.807, 2.05) is 13.8 Å². The van der Waals surface area contributed by atoms with Gasteiger partial charge >= 0.3 is 5.97 Å². The monoisotopic (exact) mass is 214 g/mol. The third kappa shape index (κ3) is 4.18. The fraction of sp³-hybridized carbons (Fsp3) is 0.909. The average molecular weight is 214 g/mol. The molecule has 15 heavy (non-hydrogen) atoms. The molecule has 3 N–H and O–H groups in total. The van der Waals surface area contributed by atoms with Gasteiger partial charge in [0.1, 0.15) is 5.60 Å². The molecular weight excluding hydrogens is 192 g/mol. The minimum Gasteiger partial charge on any atom is -0.459 e. The Morgan fingerprint density at radius 1 is 1.60 bits per heavy atom. The van der Waals surface area contributed by atoms with Crippen LogP contribution in [0.2, 0.25) is 0 Å². The Morgan fingerprint density at radius 3 is 2.87 bits per heavy atom. The van der Waals surface area contributed by atoms with Gasteiger partial charge in [-0.2, -0.15) is 0 Å². The SMILES string of the molecule is CC(C)(CCN)OC(=O)C1CCCNC1. The summed E-state index contributed by atoms with van der Waals surface area (Å²) < 4.78 is 5.46. The van der Waals surface area contributed by atoms with Crippen molar-refractivity contribution in [3.8, 4) is 0 Å². The summed E-state index contributed by atoms with van der Waals surface area (Å²) in [6.45, 7) is 6.12. The summed E-state index contributed by atoms with van der Waals surface area (Å²) in [5.74, 6) is -0.0588. The molecular formula is C11H22N2O2. The summed E-state index contributed by atoms with van der Waals surface area (Å²) in [6, 6.07) is 0. The van der Waals surface area contributed by atoms with Crippen LogP contribution in [-0.2, 0) is 9.53 Å². The summed E-state index contributed by atoms with van der Waals surface area (Å²) in [6.07, 6.45) is 2.69. The molecule has 1 saturated heterocycles. The van der Waals surface area contributed by atoms with Crippen molar-refractivity contribution in [1.29, 1.82) is 0 Å². The van der Waals surface area contributed by atoms with Crippen LogP contribution in [0.25, 0.3) is 0 Å². The largest absolute Gasteiger partial charge is 0.459 e. The Kier molecular flexibility index (Phi) is 4.54. The van der Waals surface area contributed by atoms with Gasteiger partial charge < -0.3 is 15.8 Å². The van der Waals surface area contributed by atoms with E-state index < -0.39 is 5.60 Å². The van der Waals surface area contributed by atoms with Crippen LogP contribution in [-0.4, -0.2) is 31.2 Å². The van der Waals surface area contributed by atoms with E-state index in [0.717, 1.165) is 25.9 Å². The summed E-state index contributed by atoms with van der Waals surface area (Å²) in [7, 11) is 0. The third-order valence-corrected chi connectivity index (χ3v) is 2.75. The van der Waals surface area contributed by atoms with Crippen LogP contribution in [0.4, 0.5) is 0 Å². The van der Waals surface area contributed by atoms with Crippen LogP contribution in [0, 0.1) is 5.92 Å². The van der Waals surface area contributed by atoms with E-state index in [-0.39, 0.29) is 11.9 Å².